The van der Waals surface area contributed by atoms with Crippen LogP contribution < -0.4 is 5.32 Å². The lowest BCUT2D eigenvalue weighted by Crippen LogP contribution is -2.13. The molecule has 1 aromatic heterocycles. The first-order chi connectivity index (χ1) is 14.4. The van der Waals surface area contributed by atoms with Gasteiger partial charge in [0.2, 0.25) is 0 Å². The van der Waals surface area contributed by atoms with E-state index >= 15 is 0 Å². The van der Waals surface area contributed by atoms with Gasteiger partial charge in [0.15, 0.2) is 5.13 Å². The molecule has 4 aromatic rings. The van der Waals surface area contributed by atoms with Crippen LogP contribution in [0, 0.1) is 0 Å². The van der Waals surface area contributed by atoms with Crippen molar-refractivity contribution >= 4 is 22.4 Å². The molecule has 0 saturated carbocycles. The van der Waals surface area contributed by atoms with Crippen molar-refractivity contribution in [3.63, 3.8) is 0 Å². The average Bonchev–Trinajstić information content (AvgIpc) is 3.22. The van der Waals surface area contributed by atoms with E-state index in [9.17, 15) is 18.0 Å². The molecule has 3 aromatic carbocycles. The highest BCUT2D eigenvalue weighted by molar-refractivity contribution is 7.14. The smallest absolute Gasteiger partial charge is 0.298 e. The molecule has 0 aliphatic carbocycles. The minimum atomic E-state index is -4.50. The Morgan fingerprint density at radius 3 is 2.20 bits per heavy atom. The summed E-state index contributed by atoms with van der Waals surface area (Å²) in [7, 11) is 0. The molecule has 1 heterocycles. The van der Waals surface area contributed by atoms with Crippen LogP contribution in [0.4, 0.5) is 18.3 Å². The quantitative estimate of drug-likeness (QED) is 0.394. The fourth-order valence-corrected chi connectivity index (χ4v) is 3.65. The summed E-state index contributed by atoms with van der Waals surface area (Å²) in [6.07, 6.45) is -4.50. The number of nitrogens with one attached hydrogen (secondary N) is 1. The van der Waals surface area contributed by atoms with Gasteiger partial charge in [0.25, 0.3) is 5.91 Å². The Morgan fingerprint density at radius 2 is 1.50 bits per heavy atom. The maximum Gasteiger partial charge on any atom is 0.416 e. The number of thiazole rings is 1. The fraction of sp³-hybridized carbons (Fsp3) is 0.0435. The van der Waals surface area contributed by atoms with E-state index in [-0.39, 0.29) is 5.56 Å². The highest BCUT2D eigenvalue weighted by Crippen LogP contribution is 2.30. The first-order valence-electron chi connectivity index (χ1n) is 9.00. The van der Waals surface area contributed by atoms with E-state index in [1.54, 1.807) is 5.38 Å². The van der Waals surface area contributed by atoms with Crippen molar-refractivity contribution in [2.75, 3.05) is 5.32 Å². The van der Waals surface area contributed by atoms with Crippen LogP contribution in [-0.2, 0) is 6.18 Å². The molecule has 0 radical (unpaired) electrons. The van der Waals surface area contributed by atoms with Gasteiger partial charge in [0.05, 0.1) is 11.3 Å². The van der Waals surface area contributed by atoms with E-state index in [1.165, 1.54) is 23.5 Å². The number of amides is 1. The van der Waals surface area contributed by atoms with E-state index in [0.717, 1.165) is 28.8 Å². The molecule has 150 valence electrons. The van der Waals surface area contributed by atoms with Crippen LogP contribution >= 0.6 is 11.3 Å². The average molecular weight is 424 g/mol. The number of halogens is 3. The van der Waals surface area contributed by atoms with Gasteiger partial charge in [0.1, 0.15) is 0 Å². The normalized spacial score (nSPS) is 11.3. The van der Waals surface area contributed by atoms with Gasteiger partial charge in [-0.3, -0.25) is 10.1 Å². The number of benzene rings is 3. The number of aromatic nitrogens is 1. The van der Waals surface area contributed by atoms with E-state index in [4.69, 9.17) is 0 Å². The van der Waals surface area contributed by atoms with Crippen molar-refractivity contribution in [1.29, 1.82) is 0 Å². The zero-order chi connectivity index (χ0) is 21.1. The predicted octanol–water partition coefficient (Wildman–Crippen LogP) is 6.75. The summed E-state index contributed by atoms with van der Waals surface area (Å²) >= 11 is 1.21. The lowest BCUT2D eigenvalue weighted by Gasteiger charge is -2.08. The van der Waals surface area contributed by atoms with Crippen LogP contribution in [0.5, 0.6) is 0 Å². The van der Waals surface area contributed by atoms with Gasteiger partial charge in [-0.25, -0.2) is 4.98 Å². The predicted molar refractivity (Wildman–Crippen MR) is 112 cm³/mol. The molecule has 0 aliphatic rings. The molecule has 0 unspecified atom stereocenters. The van der Waals surface area contributed by atoms with E-state index in [1.807, 2.05) is 54.6 Å². The van der Waals surface area contributed by atoms with Gasteiger partial charge < -0.3 is 0 Å². The van der Waals surface area contributed by atoms with Crippen molar-refractivity contribution in [2.45, 2.75) is 6.18 Å². The molecule has 0 fully saturated rings. The van der Waals surface area contributed by atoms with Crippen LogP contribution in [0.2, 0.25) is 0 Å². The molecular weight excluding hydrogens is 409 g/mol. The van der Waals surface area contributed by atoms with E-state index in [0.29, 0.717) is 10.8 Å². The molecular formula is C23H15F3N2OS. The third-order valence-electron chi connectivity index (χ3n) is 4.46. The zero-order valence-electron chi connectivity index (χ0n) is 15.5. The Kier molecular flexibility index (Phi) is 5.37. The second kappa shape index (κ2) is 8.12. The number of carbonyl (C=O) groups is 1. The summed E-state index contributed by atoms with van der Waals surface area (Å²) in [5.41, 5.74) is 2.80. The van der Waals surface area contributed by atoms with Crippen LogP contribution in [0.3, 0.4) is 0 Å². The number of nitrogens with zero attached hydrogens (tertiary/aromatic N) is 1. The second-order valence-electron chi connectivity index (χ2n) is 6.51. The maximum atomic E-state index is 12.8. The van der Waals surface area contributed by atoms with Gasteiger partial charge in [0, 0.05) is 16.5 Å². The van der Waals surface area contributed by atoms with Crippen LogP contribution in [0.25, 0.3) is 22.4 Å². The highest BCUT2D eigenvalue weighted by Gasteiger charge is 2.30. The number of carbonyl (C=O) groups excluding carboxylic acids is 1. The van der Waals surface area contributed by atoms with E-state index < -0.39 is 17.6 Å². The third kappa shape index (κ3) is 4.41. The Bertz CT molecular complexity index is 1170. The summed E-state index contributed by atoms with van der Waals surface area (Å²) in [6.45, 7) is 0. The van der Waals surface area contributed by atoms with Gasteiger partial charge in [-0.05, 0) is 29.3 Å². The van der Waals surface area contributed by atoms with Crippen molar-refractivity contribution in [3.8, 4) is 22.4 Å². The Labute approximate surface area is 174 Å². The molecule has 1 N–H and O–H groups in total. The molecule has 0 saturated heterocycles. The molecule has 30 heavy (non-hydrogen) atoms. The lowest BCUT2D eigenvalue weighted by molar-refractivity contribution is -0.137. The molecule has 0 aliphatic heterocycles. The Hall–Kier alpha value is -3.45. The number of hydrogen-bond donors (Lipinski definition) is 1. The number of hydrogen-bond acceptors (Lipinski definition) is 3. The van der Waals surface area contributed by atoms with Crippen molar-refractivity contribution in [1.82, 2.24) is 4.98 Å². The van der Waals surface area contributed by atoms with Crippen LogP contribution in [0.1, 0.15) is 15.9 Å². The molecule has 1 amide bonds. The number of rotatable bonds is 4. The van der Waals surface area contributed by atoms with Crippen LogP contribution in [-0.4, -0.2) is 10.9 Å². The number of anilines is 1. The van der Waals surface area contributed by atoms with Crippen molar-refractivity contribution < 1.29 is 18.0 Å². The highest BCUT2D eigenvalue weighted by atomic mass is 32.1. The topological polar surface area (TPSA) is 42.0 Å². The van der Waals surface area contributed by atoms with Crippen molar-refractivity contribution in [3.05, 3.63) is 95.4 Å². The largest absolute Gasteiger partial charge is 0.416 e. The number of alkyl halides is 3. The summed E-state index contributed by atoms with van der Waals surface area (Å²) in [4.78, 5) is 16.7. The standard InChI is InChI=1S/C23H15F3N2OS/c24-23(25,26)19-8-4-7-18(13-19)21(29)28-22-27-20(14-30-22)17-11-9-16(10-12-17)15-5-2-1-3-6-15/h1-14H,(H,27,28,29). The van der Waals surface area contributed by atoms with E-state index in [2.05, 4.69) is 10.3 Å². The van der Waals surface area contributed by atoms with Gasteiger partial charge in [-0.2, -0.15) is 13.2 Å². The summed E-state index contributed by atoms with van der Waals surface area (Å²) in [5.74, 6) is -0.638. The minimum Gasteiger partial charge on any atom is -0.298 e. The Morgan fingerprint density at radius 1 is 0.833 bits per heavy atom. The first kappa shape index (κ1) is 19.8. The minimum absolute atomic E-state index is 0.0752. The van der Waals surface area contributed by atoms with Crippen LogP contribution in [0.15, 0.2) is 84.2 Å². The fourth-order valence-electron chi connectivity index (χ4n) is 2.93. The Balaban J connectivity index is 1.49. The molecule has 0 atom stereocenters. The molecule has 0 bridgehead atoms. The second-order valence-corrected chi connectivity index (χ2v) is 7.37. The maximum absolute atomic E-state index is 12.8. The lowest BCUT2D eigenvalue weighted by atomic mass is 10.0. The molecule has 0 spiro atoms. The summed E-state index contributed by atoms with van der Waals surface area (Å²) < 4.78 is 38.5. The zero-order valence-corrected chi connectivity index (χ0v) is 16.3. The van der Waals surface area contributed by atoms with Crippen molar-refractivity contribution in [2.24, 2.45) is 0 Å². The monoisotopic (exact) mass is 424 g/mol. The molecule has 4 rings (SSSR count). The van der Waals surface area contributed by atoms with Gasteiger partial charge in [-0.15, -0.1) is 11.3 Å². The summed E-state index contributed by atoms with van der Waals surface area (Å²) in [6, 6.07) is 22.1. The molecule has 7 heteroatoms. The molecule has 3 nitrogen and oxygen atoms in total. The third-order valence-corrected chi connectivity index (χ3v) is 5.22. The summed E-state index contributed by atoms with van der Waals surface area (Å²) in [5, 5.41) is 4.68. The van der Waals surface area contributed by atoms with Gasteiger partial charge in [-0.1, -0.05) is 60.7 Å². The SMILES string of the molecule is O=C(Nc1nc(-c2ccc(-c3ccccc3)cc2)cs1)c1cccc(C(F)(F)F)c1. The van der Waals surface area contributed by atoms with Gasteiger partial charge >= 0.3 is 6.18 Å². The first-order valence-corrected chi connectivity index (χ1v) is 9.88.